The van der Waals surface area contributed by atoms with Gasteiger partial charge in [-0.25, -0.2) is 4.39 Å². The van der Waals surface area contributed by atoms with Gasteiger partial charge < -0.3 is 10.5 Å². The van der Waals surface area contributed by atoms with Crippen LogP contribution in [0.1, 0.15) is 45.2 Å². The van der Waals surface area contributed by atoms with E-state index in [9.17, 15) is 4.39 Å². The Morgan fingerprint density at radius 1 is 1.29 bits per heavy atom. The van der Waals surface area contributed by atoms with Crippen molar-refractivity contribution in [2.45, 2.75) is 39.7 Å². The molecule has 0 amide bonds. The Balaban J connectivity index is 2.64. The lowest BCUT2D eigenvalue weighted by molar-refractivity contribution is 0.239. The highest BCUT2D eigenvalue weighted by atomic mass is 19.1. The van der Waals surface area contributed by atoms with Gasteiger partial charge in [0.1, 0.15) is 11.6 Å². The Hall–Kier alpha value is -1.09. The summed E-state index contributed by atoms with van der Waals surface area (Å²) in [5.41, 5.74) is 6.18. The Morgan fingerprint density at radius 3 is 2.41 bits per heavy atom. The van der Waals surface area contributed by atoms with Gasteiger partial charge in [0.05, 0.1) is 6.61 Å². The van der Waals surface area contributed by atoms with Crippen LogP contribution in [0.3, 0.4) is 0 Å². The van der Waals surface area contributed by atoms with Crippen LogP contribution in [0.2, 0.25) is 0 Å². The lowest BCUT2D eigenvalue weighted by Gasteiger charge is -2.15. The second-order valence-electron chi connectivity index (χ2n) is 4.47. The maximum atomic E-state index is 13.6. The summed E-state index contributed by atoms with van der Waals surface area (Å²) in [4.78, 5) is 0. The molecule has 1 unspecified atom stereocenters. The van der Waals surface area contributed by atoms with Crippen molar-refractivity contribution >= 4 is 0 Å². The van der Waals surface area contributed by atoms with Crippen molar-refractivity contribution in [3.05, 3.63) is 29.6 Å². The molecule has 0 radical (unpaired) electrons. The molecular weight excluding hydrogens is 217 g/mol. The molecule has 0 aliphatic rings. The number of rotatable bonds is 6. The maximum absolute atomic E-state index is 13.6. The summed E-state index contributed by atoms with van der Waals surface area (Å²) in [6, 6.07) is 4.61. The van der Waals surface area contributed by atoms with E-state index >= 15 is 0 Å². The van der Waals surface area contributed by atoms with E-state index in [2.05, 4.69) is 13.8 Å². The van der Waals surface area contributed by atoms with Crippen LogP contribution in [-0.2, 0) is 0 Å². The number of halogens is 1. The molecule has 17 heavy (non-hydrogen) atoms. The Labute approximate surface area is 103 Å². The number of ether oxygens (including phenoxy) is 1. The topological polar surface area (TPSA) is 35.2 Å². The molecule has 3 heteroatoms. The maximum Gasteiger partial charge on any atom is 0.131 e. The normalized spacial score (nSPS) is 12.8. The van der Waals surface area contributed by atoms with Gasteiger partial charge in [-0.3, -0.25) is 0 Å². The summed E-state index contributed by atoms with van der Waals surface area (Å²) in [5, 5.41) is 0. The second-order valence-corrected chi connectivity index (χ2v) is 4.47. The second kappa shape index (κ2) is 6.60. The molecule has 0 fully saturated rings. The molecule has 1 rings (SSSR count). The molecule has 0 bridgehead atoms. The first-order chi connectivity index (χ1) is 8.08. The van der Waals surface area contributed by atoms with Gasteiger partial charge in [0.2, 0.25) is 0 Å². The fourth-order valence-electron chi connectivity index (χ4n) is 1.71. The minimum atomic E-state index is -0.290. The minimum Gasteiger partial charge on any atom is -0.493 e. The van der Waals surface area contributed by atoms with Gasteiger partial charge in [0.15, 0.2) is 0 Å². The molecule has 96 valence electrons. The molecule has 1 atom stereocenters. The number of hydrogen-bond acceptors (Lipinski definition) is 2. The minimum absolute atomic E-state index is 0.289. The van der Waals surface area contributed by atoms with E-state index in [1.165, 1.54) is 6.07 Å². The largest absolute Gasteiger partial charge is 0.493 e. The molecule has 0 heterocycles. The molecule has 1 aromatic rings. The van der Waals surface area contributed by atoms with Crippen LogP contribution in [0.15, 0.2) is 18.2 Å². The summed E-state index contributed by atoms with van der Waals surface area (Å²) in [7, 11) is 0. The van der Waals surface area contributed by atoms with E-state index < -0.39 is 0 Å². The van der Waals surface area contributed by atoms with E-state index in [-0.39, 0.29) is 11.9 Å². The first kappa shape index (κ1) is 14.0. The smallest absolute Gasteiger partial charge is 0.131 e. The molecule has 2 nitrogen and oxygen atoms in total. The summed E-state index contributed by atoms with van der Waals surface area (Å²) < 4.78 is 19.2. The molecule has 1 aromatic carbocycles. The van der Waals surface area contributed by atoms with Crippen molar-refractivity contribution in [2.75, 3.05) is 6.61 Å². The van der Waals surface area contributed by atoms with Gasteiger partial charge in [-0.05, 0) is 18.9 Å². The Morgan fingerprint density at radius 2 is 1.94 bits per heavy atom. The zero-order chi connectivity index (χ0) is 12.8. The standard InChI is InChI=1S/C14H22FNO/c1-4-11(5-2)9-17-12-6-7-13(10(3)16)14(15)8-12/h6-8,10-11H,4-5,9,16H2,1-3H3. The fraction of sp³-hybridized carbons (Fsp3) is 0.571. The zero-order valence-corrected chi connectivity index (χ0v) is 10.9. The molecule has 0 saturated heterocycles. The van der Waals surface area contributed by atoms with E-state index in [4.69, 9.17) is 10.5 Å². The van der Waals surface area contributed by atoms with E-state index in [0.717, 1.165) is 12.8 Å². The molecule has 0 saturated carbocycles. The highest BCUT2D eigenvalue weighted by Gasteiger charge is 2.09. The van der Waals surface area contributed by atoms with Gasteiger partial charge in [-0.15, -0.1) is 0 Å². The Kier molecular flexibility index (Phi) is 5.42. The number of nitrogens with two attached hydrogens (primary N) is 1. The van der Waals surface area contributed by atoms with Crippen molar-refractivity contribution in [2.24, 2.45) is 11.7 Å². The summed E-state index contributed by atoms with van der Waals surface area (Å²) in [6.45, 7) is 6.68. The van der Waals surface area contributed by atoms with Gasteiger partial charge in [-0.2, -0.15) is 0 Å². The van der Waals surface area contributed by atoms with Crippen molar-refractivity contribution < 1.29 is 9.13 Å². The first-order valence-corrected chi connectivity index (χ1v) is 6.26. The lowest BCUT2D eigenvalue weighted by atomic mass is 10.1. The van der Waals surface area contributed by atoms with Gasteiger partial charge in [0.25, 0.3) is 0 Å². The molecule has 2 N–H and O–H groups in total. The fourth-order valence-corrected chi connectivity index (χ4v) is 1.71. The Bertz CT molecular complexity index is 348. The predicted molar refractivity (Wildman–Crippen MR) is 68.6 cm³/mol. The zero-order valence-electron chi connectivity index (χ0n) is 10.9. The average molecular weight is 239 g/mol. The van der Waals surface area contributed by atoms with Crippen molar-refractivity contribution in [1.29, 1.82) is 0 Å². The van der Waals surface area contributed by atoms with E-state index in [1.54, 1.807) is 19.1 Å². The van der Waals surface area contributed by atoms with Crippen LogP contribution >= 0.6 is 0 Å². The van der Waals surface area contributed by atoms with Crippen LogP contribution in [-0.4, -0.2) is 6.61 Å². The van der Waals surface area contributed by atoms with Crippen LogP contribution in [0.4, 0.5) is 4.39 Å². The van der Waals surface area contributed by atoms with Crippen LogP contribution in [0, 0.1) is 11.7 Å². The van der Waals surface area contributed by atoms with Gasteiger partial charge >= 0.3 is 0 Å². The van der Waals surface area contributed by atoms with E-state index in [0.29, 0.717) is 23.8 Å². The lowest BCUT2D eigenvalue weighted by Crippen LogP contribution is -2.11. The number of benzene rings is 1. The van der Waals surface area contributed by atoms with Crippen LogP contribution < -0.4 is 10.5 Å². The molecule has 0 aromatic heterocycles. The molecular formula is C14H22FNO. The average Bonchev–Trinajstić information content (AvgIpc) is 2.30. The first-order valence-electron chi connectivity index (χ1n) is 6.26. The van der Waals surface area contributed by atoms with Gasteiger partial charge in [0, 0.05) is 17.7 Å². The third kappa shape index (κ3) is 4.00. The quantitative estimate of drug-likeness (QED) is 0.822. The summed E-state index contributed by atoms with van der Waals surface area (Å²) in [6.07, 6.45) is 2.16. The van der Waals surface area contributed by atoms with Crippen LogP contribution in [0.25, 0.3) is 0 Å². The highest BCUT2D eigenvalue weighted by molar-refractivity contribution is 5.30. The third-order valence-electron chi connectivity index (χ3n) is 3.10. The summed E-state index contributed by atoms with van der Waals surface area (Å²) in [5.74, 6) is 0.826. The SMILES string of the molecule is CCC(CC)COc1ccc(C(C)N)c(F)c1. The highest BCUT2D eigenvalue weighted by Crippen LogP contribution is 2.21. The van der Waals surface area contributed by atoms with Crippen molar-refractivity contribution in [3.63, 3.8) is 0 Å². The monoisotopic (exact) mass is 239 g/mol. The van der Waals surface area contributed by atoms with Crippen molar-refractivity contribution in [3.8, 4) is 5.75 Å². The summed E-state index contributed by atoms with van der Waals surface area (Å²) >= 11 is 0. The van der Waals surface area contributed by atoms with Crippen molar-refractivity contribution in [1.82, 2.24) is 0 Å². The molecule has 0 aliphatic carbocycles. The predicted octanol–water partition coefficient (Wildman–Crippen LogP) is 3.66. The third-order valence-corrected chi connectivity index (χ3v) is 3.10. The number of hydrogen-bond donors (Lipinski definition) is 1. The van der Waals surface area contributed by atoms with Gasteiger partial charge in [-0.1, -0.05) is 32.8 Å². The van der Waals surface area contributed by atoms with E-state index in [1.807, 2.05) is 0 Å². The molecule has 0 aliphatic heterocycles. The molecule has 0 spiro atoms. The van der Waals surface area contributed by atoms with Crippen LogP contribution in [0.5, 0.6) is 5.75 Å².